The fourth-order valence-corrected chi connectivity index (χ4v) is 3.79. The highest BCUT2D eigenvalue weighted by atomic mass is 35.5. The molecule has 1 aliphatic carbocycles. The minimum atomic E-state index is -0.0742. The summed E-state index contributed by atoms with van der Waals surface area (Å²) in [5.41, 5.74) is 11.8. The first-order valence-electron chi connectivity index (χ1n) is 7.42. The highest BCUT2D eigenvalue weighted by molar-refractivity contribution is 6.33. The maximum Gasteiger partial charge on any atom is 0.221 e. The van der Waals surface area contributed by atoms with Gasteiger partial charge in [-0.2, -0.15) is 0 Å². The minimum Gasteiger partial charge on any atom is -0.398 e. The predicted molar refractivity (Wildman–Crippen MR) is 93.5 cm³/mol. The molecule has 1 fully saturated rings. The smallest absolute Gasteiger partial charge is 0.221 e. The Bertz CT molecular complexity index is 873. The molecule has 2 aromatic carbocycles. The third kappa shape index (κ3) is 2.32. The van der Waals surface area contributed by atoms with E-state index in [0.29, 0.717) is 22.2 Å². The molecule has 116 valence electrons. The lowest BCUT2D eigenvalue weighted by molar-refractivity contribution is -0.122. The molecule has 1 saturated heterocycles. The van der Waals surface area contributed by atoms with Crippen LogP contribution < -0.4 is 11.1 Å². The summed E-state index contributed by atoms with van der Waals surface area (Å²) in [6.45, 7) is 0. The number of carbonyl (C=O) groups excluding carboxylic acids is 1. The Labute approximate surface area is 144 Å². The molecule has 0 bridgehead atoms. The van der Waals surface area contributed by atoms with E-state index in [1.54, 1.807) is 0 Å². The maximum absolute atomic E-state index is 11.8. The fourth-order valence-electron chi connectivity index (χ4n) is 3.44. The number of nitrogen functional groups attached to an aromatic ring is 1. The zero-order valence-electron chi connectivity index (χ0n) is 12.2. The standard InChI is InChI=1S/C18H14Cl2N2O/c19-10-2-3-11-13(8-10)17(9-1-5-15(21)14(20)7-9)12-4-6-16(23)22-18(11)12/h1-3,5,7-8,18H,4,6,21H2,(H,22,23). The van der Waals surface area contributed by atoms with Crippen LogP contribution in [0.4, 0.5) is 5.69 Å². The molecule has 0 spiro atoms. The molecule has 5 heteroatoms. The number of carbonyl (C=O) groups is 1. The summed E-state index contributed by atoms with van der Waals surface area (Å²) >= 11 is 12.4. The van der Waals surface area contributed by atoms with E-state index in [-0.39, 0.29) is 11.9 Å². The number of anilines is 1. The SMILES string of the molecule is Nc1ccc(C2=C3CCC(=O)NC3c3ccc(Cl)cc32)cc1Cl. The van der Waals surface area contributed by atoms with Crippen molar-refractivity contribution < 1.29 is 4.79 Å². The van der Waals surface area contributed by atoms with E-state index in [1.165, 1.54) is 5.57 Å². The average molecular weight is 345 g/mol. The molecule has 4 rings (SSSR count). The van der Waals surface area contributed by atoms with Gasteiger partial charge in [0, 0.05) is 11.4 Å². The number of fused-ring (bicyclic) bond motifs is 3. The number of halogens is 2. The van der Waals surface area contributed by atoms with Gasteiger partial charge in [-0.05, 0) is 58.5 Å². The van der Waals surface area contributed by atoms with Crippen molar-refractivity contribution in [1.82, 2.24) is 5.32 Å². The summed E-state index contributed by atoms with van der Waals surface area (Å²) in [4.78, 5) is 11.8. The highest BCUT2D eigenvalue weighted by Crippen LogP contribution is 2.48. The van der Waals surface area contributed by atoms with Crippen LogP contribution in [0.2, 0.25) is 10.0 Å². The molecule has 2 aromatic rings. The lowest BCUT2D eigenvalue weighted by Gasteiger charge is -2.24. The number of piperidine rings is 1. The van der Waals surface area contributed by atoms with Crippen LogP contribution in [0.25, 0.3) is 5.57 Å². The predicted octanol–water partition coefficient (Wildman–Crippen LogP) is 4.34. The quantitative estimate of drug-likeness (QED) is 0.756. The van der Waals surface area contributed by atoms with Crippen molar-refractivity contribution in [2.45, 2.75) is 18.9 Å². The molecule has 3 nitrogen and oxygen atoms in total. The van der Waals surface area contributed by atoms with Gasteiger partial charge in [0.05, 0.1) is 16.8 Å². The van der Waals surface area contributed by atoms with Gasteiger partial charge in [-0.15, -0.1) is 0 Å². The average Bonchev–Trinajstić information content (AvgIpc) is 2.83. The second-order valence-electron chi connectivity index (χ2n) is 5.87. The van der Waals surface area contributed by atoms with Crippen molar-refractivity contribution in [3.63, 3.8) is 0 Å². The van der Waals surface area contributed by atoms with Gasteiger partial charge < -0.3 is 11.1 Å². The molecule has 0 saturated carbocycles. The Hall–Kier alpha value is -1.97. The summed E-state index contributed by atoms with van der Waals surface area (Å²) < 4.78 is 0. The number of benzene rings is 2. The lowest BCUT2D eigenvalue weighted by Crippen LogP contribution is -2.32. The molecular weight excluding hydrogens is 331 g/mol. The topological polar surface area (TPSA) is 55.1 Å². The van der Waals surface area contributed by atoms with Crippen molar-refractivity contribution in [3.8, 4) is 0 Å². The van der Waals surface area contributed by atoms with Crippen molar-refractivity contribution >= 4 is 40.4 Å². The first-order valence-corrected chi connectivity index (χ1v) is 8.18. The van der Waals surface area contributed by atoms with Gasteiger partial charge in [-0.1, -0.05) is 35.3 Å². The van der Waals surface area contributed by atoms with Gasteiger partial charge in [0.1, 0.15) is 0 Å². The summed E-state index contributed by atoms with van der Waals surface area (Å²) in [6.07, 6.45) is 1.24. The van der Waals surface area contributed by atoms with E-state index in [4.69, 9.17) is 28.9 Å². The van der Waals surface area contributed by atoms with Crippen LogP contribution >= 0.6 is 23.2 Å². The van der Waals surface area contributed by atoms with Crippen LogP contribution in [0, 0.1) is 0 Å². The number of hydrogen-bond acceptors (Lipinski definition) is 2. The van der Waals surface area contributed by atoms with Crippen LogP contribution in [-0.2, 0) is 4.79 Å². The van der Waals surface area contributed by atoms with Crippen molar-refractivity contribution in [2.75, 3.05) is 5.73 Å². The Morgan fingerprint density at radius 3 is 2.70 bits per heavy atom. The monoisotopic (exact) mass is 344 g/mol. The molecule has 0 aromatic heterocycles. The highest BCUT2D eigenvalue weighted by Gasteiger charge is 2.35. The summed E-state index contributed by atoms with van der Waals surface area (Å²) in [5, 5.41) is 4.29. The van der Waals surface area contributed by atoms with E-state index in [2.05, 4.69) is 5.32 Å². The number of hydrogen-bond donors (Lipinski definition) is 2. The van der Waals surface area contributed by atoms with Gasteiger partial charge in [-0.25, -0.2) is 0 Å². The first-order chi connectivity index (χ1) is 11.0. The number of nitrogens with one attached hydrogen (secondary N) is 1. The molecular formula is C18H14Cl2N2O. The van der Waals surface area contributed by atoms with Crippen LogP contribution in [0.5, 0.6) is 0 Å². The van der Waals surface area contributed by atoms with E-state index in [1.807, 2.05) is 36.4 Å². The largest absolute Gasteiger partial charge is 0.398 e. The Balaban J connectivity index is 1.95. The molecule has 1 unspecified atom stereocenters. The minimum absolute atomic E-state index is 0.0742. The fraction of sp³-hybridized carbons (Fsp3) is 0.167. The molecule has 23 heavy (non-hydrogen) atoms. The summed E-state index contributed by atoms with van der Waals surface area (Å²) in [6, 6.07) is 11.4. The zero-order chi connectivity index (χ0) is 16.1. The normalized spacial score (nSPS) is 19.4. The van der Waals surface area contributed by atoms with Gasteiger partial charge in [0.2, 0.25) is 5.91 Å². The maximum atomic E-state index is 11.8. The van der Waals surface area contributed by atoms with E-state index in [9.17, 15) is 4.79 Å². The molecule has 3 N–H and O–H groups in total. The molecule has 1 aliphatic heterocycles. The van der Waals surface area contributed by atoms with Gasteiger partial charge in [0.25, 0.3) is 0 Å². The first kappa shape index (κ1) is 14.6. The van der Waals surface area contributed by atoms with Gasteiger partial charge in [0.15, 0.2) is 0 Å². The second-order valence-corrected chi connectivity index (χ2v) is 6.71. The molecule has 2 aliphatic rings. The van der Waals surface area contributed by atoms with E-state index >= 15 is 0 Å². The van der Waals surface area contributed by atoms with Crippen LogP contribution in [0.1, 0.15) is 35.6 Å². The summed E-state index contributed by atoms with van der Waals surface area (Å²) in [7, 11) is 0. The molecule has 1 heterocycles. The van der Waals surface area contributed by atoms with Crippen LogP contribution in [-0.4, -0.2) is 5.91 Å². The van der Waals surface area contributed by atoms with Crippen molar-refractivity contribution in [3.05, 3.63) is 68.7 Å². The van der Waals surface area contributed by atoms with Crippen molar-refractivity contribution in [2.24, 2.45) is 0 Å². The van der Waals surface area contributed by atoms with Gasteiger partial charge >= 0.3 is 0 Å². The number of nitrogens with two attached hydrogens (primary N) is 1. The Morgan fingerprint density at radius 1 is 1.09 bits per heavy atom. The second kappa shape index (κ2) is 5.29. The lowest BCUT2D eigenvalue weighted by atomic mass is 9.93. The molecule has 1 atom stereocenters. The van der Waals surface area contributed by atoms with Crippen LogP contribution in [0.15, 0.2) is 42.0 Å². The summed E-state index contributed by atoms with van der Waals surface area (Å²) in [5.74, 6) is 0.0799. The third-order valence-corrected chi connectivity index (χ3v) is 5.04. The zero-order valence-corrected chi connectivity index (χ0v) is 13.7. The Kier molecular flexibility index (Phi) is 3.36. The van der Waals surface area contributed by atoms with Gasteiger partial charge in [-0.3, -0.25) is 4.79 Å². The number of rotatable bonds is 1. The van der Waals surface area contributed by atoms with E-state index < -0.39 is 0 Å². The molecule has 0 radical (unpaired) electrons. The number of amides is 1. The van der Waals surface area contributed by atoms with Crippen LogP contribution in [0.3, 0.4) is 0 Å². The molecule has 1 amide bonds. The van der Waals surface area contributed by atoms with Crippen molar-refractivity contribution in [1.29, 1.82) is 0 Å². The third-order valence-electron chi connectivity index (χ3n) is 4.48. The van der Waals surface area contributed by atoms with E-state index in [0.717, 1.165) is 28.7 Å². The Morgan fingerprint density at radius 2 is 1.91 bits per heavy atom.